The minimum atomic E-state index is -0.875. The van der Waals surface area contributed by atoms with Crippen molar-refractivity contribution in [2.75, 3.05) is 13.2 Å². The Balaban J connectivity index is 4.51. The molecular formula is C55H96O7. The molecule has 0 radical (unpaired) electrons. The fourth-order valence-corrected chi connectivity index (χ4v) is 7.21. The molecule has 0 bridgehead atoms. The second kappa shape index (κ2) is 49.1. The SMILES string of the molecule is CCCCC/C=C\C/C=C\CCCCCCCC(=O)OCC(COC(=O)CCC(=O)CCCCCCCCCCCC)OC(=O)CCCCCCC/C=C\C/C=C\CCCCC. The molecule has 0 heterocycles. The molecule has 0 aliphatic rings. The molecule has 358 valence electrons. The minimum absolute atomic E-state index is 0.00413. The molecule has 62 heavy (non-hydrogen) atoms. The lowest BCUT2D eigenvalue weighted by Crippen LogP contribution is -2.31. The fraction of sp³-hybridized carbons (Fsp3) is 0.782. The Bertz CT molecular complexity index is 1150. The number of unbranched alkanes of at least 4 members (excludes halogenated alkanes) is 25. The summed E-state index contributed by atoms with van der Waals surface area (Å²) in [4.78, 5) is 50.4. The van der Waals surface area contributed by atoms with E-state index < -0.39 is 12.1 Å². The quantitative estimate of drug-likeness (QED) is 0.0260. The fourth-order valence-electron chi connectivity index (χ4n) is 7.21. The van der Waals surface area contributed by atoms with Crippen LogP contribution in [0.2, 0.25) is 0 Å². The number of rotatable bonds is 47. The maximum atomic E-state index is 12.8. The number of ether oxygens (including phenoxy) is 3. The molecule has 7 nitrogen and oxygen atoms in total. The normalized spacial score (nSPS) is 12.3. The Hall–Kier alpha value is -2.96. The summed E-state index contributed by atoms with van der Waals surface area (Å²) in [5.41, 5.74) is 0. The van der Waals surface area contributed by atoms with E-state index >= 15 is 0 Å². The maximum Gasteiger partial charge on any atom is 0.306 e. The van der Waals surface area contributed by atoms with Gasteiger partial charge in [-0.1, -0.05) is 191 Å². The van der Waals surface area contributed by atoms with Gasteiger partial charge in [0, 0.05) is 25.7 Å². The van der Waals surface area contributed by atoms with E-state index in [9.17, 15) is 19.2 Å². The number of allylic oxidation sites excluding steroid dienone is 8. The highest BCUT2D eigenvalue weighted by Crippen LogP contribution is 2.14. The molecule has 0 aromatic rings. The van der Waals surface area contributed by atoms with Crippen LogP contribution in [-0.4, -0.2) is 43.0 Å². The standard InChI is InChI=1S/C55H96O7/c1-4-7-10-13-16-19-22-24-26-28-30-33-36-39-42-45-53(57)60-49-52(50-61-54(58)48-47-51(56)44-41-38-35-32-21-18-15-12-9-6-3)62-55(59)46-43-40-37-34-31-29-27-25-23-20-17-14-11-8-5-2/h16-17,19-20,24-27,52H,4-15,18,21-23,28-50H2,1-3H3/b19-16-,20-17-,26-24-,27-25-. The summed E-state index contributed by atoms with van der Waals surface area (Å²) < 4.78 is 16.6. The van der Waals surface area contributed by atoms with Crippen LogP contribution in [-0.2, 0) is 33.4 Å². The van der Waals surface area contributed by atoms with Gasteiger partial charge in [0.1, 0.15) is 19.0 Å². The van der Waals surface area contributed by atoms with Crippen LogP contribution in [0.25, 0.3) is 0 Å². The third-order valence-corrected chi connectivity index (χ3v) is 11.2. The molecular weight excluding hydrogens is 773 g/mol. The van der Waals surface area contributed by atoms with E-state index in [1.54, 1.807) is 0 Å². The van der Waals surface area contributed by atoms with Crippen LogP contribution in [0.1, 0.15) is 258 Å². The monoisotopic (exact) mass is 869 g/mol. The topological polar surface area (TPSA) is 96.0 Å². The van der Waals surface area contributed by atoms with Gasteiger partial charge in [-0.2, -0.15) is 0 Å². The number of hydrogen-bond acceptors (Lipinski definition) is 7. The highest BCUT2D eigenvalue weighted by Gasteiger charge is 2.20. The Kier molecular flexibility index (Phi) is 46.7. The van der Waals surface area contributed by atoms with Crippen molar-refractivity contribution in [1.29, 1.82) is 0 Å². The van der Waals surface area contributed by atoms with E-state index in [1.165, 1.54) is 96.3 Å². The van der Waals surface area contributed by atoms with Gasteiger partial charge in [0.25, 0.3) is 0 Å². The Labute approximate surface area is 382 Å². The molecule has 0 saturated heterocycles. The van der Waals surface area contributed by atoms with Crippen molar-refractivity contribution in [3.63, 3.8) is 0 Å². The first-order valence-corrected chi connectivity index (χ1v) is 26.0. The van der Waals surface area contributed by atoms with Crippen molar-refractivity contribution in [3.05, 3.63) is 48.6 Å². The largest absolute Gasteiger partial charge is 0.462 e. The van der Waals surface area contributed by atoms with Gasteiger partial charge < -0.3 is 14.2 Å². The summed E-state index contributed by atoms with van der Waals surface area (Å²) in [6, 6.07) is 0. The van der Waals surface area contributed by atoms with Crippen LogP contribution in [0.3, 0.4) is 0 Å². The van der Waals surface area contributed by atoms with Crippen LogP contribution in [0.15, 0.2) is 48.6 Å². The van der Waals surface area contributed by atoms with Crippen molar-refractivity contribution in [2.24, 2.45) is 0 Å². The maximum absolute atomic E-state index is 12.8. The first kappa shape index (κ1) is 59.0. The predicted octanol–water partition coefficient (Wildman–Crippen LogP) is 16.3. The average Bonchev–Trinajstić information content (AvgIpc) is 3.27. The highest BCUT2D eigenvalue weighted by atomic mass is 16.6. The van der Waals surface area contributed by atoms with Gasteiger partial charge in [0.05, 0.1) is 6.42 Å². The van der Waals surface area contributed by atoms with Crippen LogP contribution in [0.5, 0.6) is 0 Å². The molecule has 0 amide bonds. The molecule has 1 atom stereocenters. The number of ketones is 1. The predicted molar refractivity (Wildman–Crippen MR) is 261 cm³/mol. The second-order valence-corrected chi connectivity index (χ2v) is 17.4. The van der Waals surface area contributed by atoms with Crippen molar-refractivity contribution >= 4 is 23.7 Å². The molecule has 0 aromatic carbocycles. The summed E-state index contributed by atoms with van der Waals surface area (Å²) in [5, 5.41) is 0. The van der Waals surface area contributed by atoms with Crippen LogP contribution >= 0.6 is 0 Å². The number of esters is 3. The number of hydrogen-bond donors (Lipinski definition) is 0. The summed E-state index contributed by atoms with van der Waals surface area (Å²) in [5.74, 6) is -1.15. The lowest BCUT2D eigenvalue weighted by molar-refractivity contribution is -0.167. The van der Waals surface area contributed by atoms with E-state index in [2.05, 4.69) is 69.4 Å². The van der Waals surface area contributed by atoms with E-state index in [4.69, 9.17) is 14.2 Å². The molecule has 0 spiro atoms. The lowest BCUT2D eigenvalue weighted by Gasteiger charge is -2.18. The van der Waals surface area contributed by atoms with Crippen molar-refractivity contribution < 1.29 is 33.4 Å². The zero-order chi connectivity index (χ0) is 45.2. The van der Waals surface area contributed by atoms with Gasteiger partial charge in [-0.05, 0) is 83.5 Å². The number of carbonyl (C=O) groups excluding carboxylic acids is 4. The van der Waals surface area contributed by atoms with E-state index in [-0.39, 0.29) is 50.2 Å². The zero-order valence-corrected chi connectivity index (χ0v) is 40.6. The highest BCUT2D eigenvalue weighted by molar-refractivity contribution is 5.82. The smallest absolute Gasteiger partial charge is 0.306 e. The molecule has 0 N–H and O–H groups in total. The Morgan fingerprint density at radius 3 is 1.10 bits per heavy atom. The molecule has 0 rings (SSSR count). The van der Waals surface area contributed by atoms with Gasteiger partial charge in [-0.25, -0.2) is 0 Å². The Morgan fingerprint density at radius 2 is 0.661 bits per heavy atom. The zero-order valence-electron chi connectivity index (χ0n) is 40.6. The van der Waals surface area contributed by atoms with Gasteiger partial charge in [-0.15, -0.1) is 0 Å². The van der Waals surface area contributed by atoms with Crippen LogP contribution in [0, 0.1) is 0 Å². The molecule has 0 fully saturated rings. The van der Waals surface area contributed by atoms with Crippen LogP contribution < -0.4 is 0 Å². The van der Waals surface area contributed by atoms with Crippen molar-refractivity contribution in [2.45, 2.75) is 264 Å². The molecule has 0 saturated carbocycles. The third-order valence-electron chi connectivity index (χ3n) is 11.2. The van der Waals surface area contributed by atoms with Gasteiger partial charge in [0.2, 0.25) is 0 Å². The molecule has 7 heteroatoms. The average molecular weight is 869 g/mol. The van der Waals surface area contributed by atoms with Crippen LogP contribution in [0.4, 0.5) is 0 Å². The van der Waals surface area contributed by atoms with Crippen molar-refractivity contribution in [1.82, 2.24) is 0 Å². The van der Waals surface area contributed by atoms with Gasteiger partial charge in [-0.3, -0.25) is 19.2 Å². The molecule has 0 aliphatic carbocycles. The van der Waals surface area contributed by atoms with E-state index in [0.29, 0.717) is 12.8 Å². The van der Waals surface area contributed by atoms with Gasteiger partial charge >= 0.3 is 17.9 Å². The number of Topliss-reactive ketones (excluding diaryl/α,β-unsaturated/α-hetero) is 1. The van der Waals surface area contributed by atoms with Gasteiger partial charge in [0.15, 0.2) is 6.10 Å². The molecule has 0 aliphatic heterocycles. The van der Waals surface area contributed by atoms with Crippen molar-refractivity contribution in [3.8, 4) is 0 Å². The Morgan fingerprint density at radius 1 is 0.339 bits per heavy atom. The van der Waals surface area contributed by atoms with E-state index in [1.807, 2.05) is 0 Å². The summed E-state index contributed by atoms with van der Waals surface area (Å²) in [7, 11) is 0. The lowest BCUT2D eigenvalue weighted by atomic mass is 10.0. The molecule has 0 aromatic heterocycles. The first-order chi connectivity index (χ1) is 30.4. The minimum Gasteiger partial charge on any atom is -0.462 e. The summed E-state index contributed by atoms with van der Waals surface area (Å²) >= 11 is 0. The van der Waals surface area contributed by atoms with E-state index in [0.717, 1.165) is 109 Å². The molecule has 1 unspecified atom stereocenters. The first-order valence-electron chi connectivity index (χ1n) is 26.0. The second-order valence-electron chi connectivity index (χ2n) is 17.4. The third kappa shape index (κ3) is 46.5. The number of carbonyl (C=O) groups is 4. The summed E-state index contributed by atoms with van der Waals surface area (Å²) in [6.07, 6.45) is 54.8. The summed E-state index contributed by atoms with van der Waals surface area (Å²) in [6.45, 7) is 6.35.